The lowest BCUT2D eigenvalue weighted by Crippen LogP contribution is -2.47. The number of likely N-dealkylation sites (N-methyl/N-ethyl adjacent to an activating group) is 1. The summed E-state index contributed by atoms with van der Waals surface area (Å²) < 4.78 is 30.5. The van der Waals surface area contributed by atoms with Crippen LogP contribution in [0.15, 0.2) is 85.1 Å². The van der Waals surface area contributed by atoms with Crippen LogP contribution in [0, 0.1) is 0 Å². The molecule has 3 unspecified atom stereocenters. The summed E-state index contributed by atoms with van der Waals surface area (Å²) in [4.78, 5) is 37.5. The summed E-state index contributed by atoms with van der Waals surface area (Å²) in [5.41, 5.74) is 0. The maximum absolute atomic E-state index is 13.4. The van der Waals surface area contributed by atoms with Crippen molar-refractivity contribution in [3.63, 3.8) is 0 Å². The van der Waals surface area contributed by atoms with Gasteiger partial charge in [-0.1, -0.05) is 196 Å². The molecule has 9 nitrogen and oxygen atoms in total. The molecule has 0 aromatic heterocycles. The van der Waals surface area contributed by atoms with Crippen molar-refractivity contribution < 1.29 is 37.3 Å². The Morgan fingerprint density at radius 3 is 1.46 bits per heavy atom. The molecule has 0 saturated carbocycles. The van der Waals surface area contributed by atoms with Crippen LogP contribution in [0.25, 0.3) is 0 Å². The lowest BCUT2D eigenvalue weighted by molar-refractivity contribution is -0.870. The summed E-state index contributed by atoms with van der Waals surface area (Å²) in [6.45, 7) is 6.82. The fourth-order valence-corrected chi connectivity index (χ4v) is 8.06. The van der Waals surface area contributed by atoms with Crippen LogP contribution >= 0.6 is 7.82 Å². The van der Waals surface area contributed by atoms with Crippen LogP contribution in [0.3, 0.4) is 0 Å². The normalized spacial score (nSPS) is 14.5. The fraction of sp³-hybridized carbons (Fsp3) is 0.724. The highest BCUT2D eigenvalue weighted by molar-refractivity contribution is 7.47. The van der Waals surface area contributed by atoms with Crippen LogP contribution in [0.4, 0.5) is 0 Å². The van der Waals surface area contributed by atoms with Crippen LogP contribution in [0.1, 0.15) is 220 Å². The summed E-state index contributed by atoms with van der Waals surface area (Å²) >= 11 is 0. The standard InChI is InChI=1S/C58H103N2O7P/c1-7-10-13-16-19-22-25-28-29-30-31-33-36-39-42-45-48-51-58(62)67-56(49-46-43-40-37-34-27-24-21-18-15-12-9-3)55(54-66-68(63,64)65-53-52-60(4,5)6)59-57(61)50-47-44-41-38-35-32-26-23-20-17-14-11-8-2/h10,13,19,22,28-29,31-33,35,39,42,46,49,55-56H,7-9,11-12,14-18,20-21,23-27,30,34,36-38,40-41,43-45,47-48,50-54H2,1-6H3,(H-,59,61,63,64)/p+1/b13-10-,22-19-,29-28-,33-31-,35-32-,42-39-,49-46+. The number of rotatable bonds is 48. The van der Waals surface area contributed by atoms with Crippen molar-refractivity contribution in [2.75, 3.05) is 40.9 Å². The number of phosphoric ester groups is 1. The van der Waals surface area contributed by atoms with E-state index in [9.17, 15) is 19.0 Å². The van der Waals surface area contributed by atoms with Gasteiger partial charge in [0, 0.05) is 12.8 Å². The number of carbonyl (C=O) groups excluding carboxylic acids is 2. The van der Waals surface area contributed by atoms with Gasteiger partial charge in [-0.15, -0.1) is 0 Å². The highest BCUT2D eigenvalue weighted by Gasteiger charge is 2.30. The van der Waals surface area contributed by atoms with E-state index in [1.807, 2.05) is 33.3 Å². The molecular formula is C58H104N2O7P+. The van der Waals surface area contributed by atoms with Gasteiger partial charge < -0.3 is 19.4 Å². The van der Waals surface area contributed by atoms with Crippen molar-refractivity contribution in [2.45, 2.75) is 232 Å². The Bertz CT molecular complexity index is 1440. The summed E-state index contributed by atoms with van der Waals surface area (Å²) in [5.74, 6) is -0.598. The molecule has 0 aliphatic carbocycles. The molecule has 0 spiro atoms. The summed E-state index contributed by atoms with van der Waals surface area (Å²) in [6.07, 6.45) is 61.6. The second-order valence-corrected chi connectivity index (χ2v) is 20.8. The zero-order valence-corrected chi connectivity index (χ0v) is 45.5. The minimum atomic E-state index is -4.46. The number of nitrogens with one attached hydrogen (secondary N) is 1. The number of unbranched alkanes of at least 4 members (excludes halogenated alkanes) is 20. The molecule has 68 heavy (non-hydrogen) atoms. The third-order valence-electron chi connectivity index (χ3n) is 11.6. The molecule has 0 heterocycles. The van der Waals surface area contributed by atoms with Gasteiger partial charge in [-0.25, -0.2) is 4.57 Å². The maximum atomic E-state index is 13.4. The van der Waals surface area contributed by atoms with E-state index in [-0.39, 0.29) is 31.5 Å². The van der Waals surface area contributed by atoms with E-state index in [0.29, 0.717) is 30.3 Å². The molecule has 0 aromatic carbocycles. The average molecular weight is 972 g/mol. The molecule has 392 valence electrons. The van der Waals surface area contributed by atoms with E-state index in [4.69, 9.17) is 13.8 Å². The predicted octanol–water partition coefficient (Wildman–Crippen LogP) is 16.3. The van der Waals surface area contributed by atoms with Crippen LogP contribution in [-0.4, -0.2) is 74.3 Å². The lowest BCUT2D eigenvalue weighted by Gasteiger charge is -2.27. The summed E-state index contributed by atoms with van der Waals surface area (Å²) in [5, 5.41) is 3.01. The number of amides is 1. The van der Waals surface area contributed by atoms with Gasteiger partial charge in [-0.2, -0.15) is 0 Å². The molecule has 2 N–H and O–H groups in total. The quantitative estimate of drug-likeness (QED) is 0.0205. The highest BCUT2D eigenvalue weighted by atomic mass is 31.2. The van der Waals surface area contributed by atoms with Crippen LogP contribution in [0.2, 0.25) is 0 Å². The molecule has 0 aliphatic heterocycles. The van der Waals surface area contributed by atoms with E-state index in [1.165, 1.54) is 89.9 Å². The first-order chi connectivity index (χ1) is 32.9. The minimum Gasteiger partial charge on any atom is -0.456 e. The van der Waals surface area contributed by atoms with Gasteiger partial charge in [0.25, 0.3) is 0 Å². The van der Waals surface area contributed by atoms with Crippen molar-refractivity contribution >= 4 is 19.7 Å². The van der Waals surface area contributed by atoms with Gasteiger partial charge in [0.1, 0.15) is 19.3 Å². The van der Waals surface area contributed by atoms with Crippen molar-refractivity contribution in [3.05, 3.63) is 85.1 Å². The zero-order valence-electron chi connectivity index (χ0n) is 44.6. The predicted molar refractivity (Wildman–Crippen MR) is 291 cm³/mol. The first-order valence-corrected chi connectivity index (χ1v) is 28.9. The van der Waals surface area contributed by atoms with E-state index < -0.39 is 20.0 Å². The SMILES string of the molecule is CC/C=C\C/C=C\C/C=C\C/C=C\C/C=C\CCCC(=O)OC(/C=C/CCCCCCCCCCCC)C(COP(=O)(O)OCC[N+](C)(C)C)NC(=O)CCCCC/C=C\CCCCCCCC. The van der Waals surface area contributed by atoms with E-state index in [1.54, 1.807) is 0 Å². The monoisotopic (exact) mass is 972 g/mol. The molecule has 1 amide bonds. The number of ether oxygens (including phenoxy) is 1. The number of hydrogen-bond donors (Lipinski definition) is 2. The van der Waals surface area contributed by atoms with Gasteiger partial charge in [-0.3, -0.25) is 18.6 Å². The number of carbonyl (C=O) groups is 2. The van der Waals surface area contributed by atoms with Crippen LogP contribution in [0.5, 0.6) is 0 Å². The molecule has 0 aromatic rings. The molecule has 0 radical (unpaired) electrons. The maximum Gasteiger partial charge on any atom is 0.472 e. The van der Waals surface area contributed by atoms with Crippen LogP contribution in [-0.2, 0) is 27.9 Å². The molecular weight excluding hydrogens is 868 g/mol. The highest BCUT2D eigenvalue weighted by Crippen LogP contribution is 2.43. The Morgan fingerprint density at radius 2 is 0.956 bits per heavy atom. The second-order valence-electron chi connectivity index (χ2n) is 19.4. The third kappa shape index (κ3) is 48.2. The molecule has 3 atom stereocenters. The van der Waals surface area contributed by atoms with Crippen molar-refractivity contribution in [1.29, 1.82) is 0 Å². The Morgan fingerprint density at radius 1 is 0.529 bits per heavy atom. The van der Waals surface area contributed by atoms with Gasteiger partial charge in [0.2, 0.25) is 5.91 Å². The zero-order chi connectivity index (χ0) is 50.1. The van der Waals surface area contributed by atoms with E-state index in [0.717, 1.165) is 83.5 Å². The molecule has 0 fully saturated rings. The van der Waals surface area contributed by atoms with Gasteiger partial charge in [0.15, 0.2) is 0 Å². The van der Waals surface area contributed by atoms with Gasteiger partial charge in [0.05, 0.1) is 33.8 Å². The Kier molecular flexibility index (Phi) is 45.9. The van der Waals surface area contributed by atoms with E-state index in [2.05, 4.69) is 99.0 Å². The number of phosphoric acid groups is 1. The topological polar surface area (TPSA) is 111 Å². The average Bonchev–Trinajstić information content (AvgIpc) is 3.29. The number of hydrogen-bond acceptors (Lipinski definition) is 6. The molecule has 0 bridgehead atoms. The molecule has 0 rings (SSSR count). The first kappa shape index (κ1) is 65.2. The second kappa shape index (κ2) is 47.8. The minimum absolute atomic E-state index is 0.0254. The fourth-order valence-electron chi connectivity index (χ4n) is 7.32. The summed E-state index contributed by atoms with van der Waals surface area (Å²) in [7, 11) is 1.45. The Labute approximate surface area is 418 Å². The van der Waals surface area contributed by atoms with E-state index >= 15 is 0 Å². The van der Waals surface area contributed by atoms with Crippen molar-refractivity contribution in [2.24, 2.45) is 0 Å². The molecule has 10 heteroatoms. The molecule has 0 saturated heterocycles. The van der Waals surface area contributed by atoms with Gasteiger partial charge in [-0.05, 0) is 96.0 Å². The number of nitrogens with zero attached hydrogens (tertiary/aromatic N) is 1. The Hall–Kier alpha value is -2.81. The van der Waals surface area contributed by atoms with Gasteiger partial charge >= 0.3 is 13.8 Å². The number of allylic oxidation sites excluding steroid dienone is 13. The lowest BCUT2D eigenvalue weighted by atomic mass is 10.1. The number of esters is 1. The Balaban J connectivity index is 5.52. The number of quaternary nitrogens is 1. The first-order valence-electron chi connectivity index (χ1n) is 27.4. The molecule has 0 aliphatic rings. The van der Waals surface area contributed by atoms with Crippen molar-refractivity contribution in [1.82, 2.24) is 5.32 Å². The largest absolute Gasteiger partial charge is 0.472 e. The summed E-state index contributed by atoms with van der Waals surface area (Å²) in [6, 6.07) is -0.881. The third-order valence-corrected chi connectivity index (χ3v) is 12.6. The van der Waals surface area contributed by atoms with Crippen molar-refractivity contribution in [3.8, 4) is 0 Å². The smallest absolute Gasteiger partial charge is 0.456 e. The van der Waals surface area contributed by atoms with Crippen LogP contribution < -0.4 is 5.32 Å².